The molecule has 4 amide bonds. The molecule has 1 radical (unpaired) electrons. The van der Waals surface area contributed by atoms with E-state index in [0.29, 0.717) is 13.0 Å². The maximum Gasteiger partial charge on any atom is 0.377 e. The average Bonchev–Trinajstić information content (AvgIpc) is 3.73. The number of fused-ring (bicyclic) bond motifs is 1. The van der Waals surface area contributed by atoms with Gasteiger partial charge in [-0.15, -0.1) is 5.10 Å². The molecule has 15 heteroatoms. The molecule has 1 fully saturated rings. The van der Waals surface area contributed by atoms with E-state index in [1.54, 1.807) is 43.0 Å². The Balaban J connectivity index is 1.76. The highest BCUT2D eigenvalue weighted by atomic mass is 16.5. The molecular weight excluding hydrogens is 663 g/mol. The number of aryl methyl sites for hydroxylation is 1. The van der Waals surface area contributed by atoms with Crippen LogP contribution in [0.5, 0.6) is 0 Å². The van der Waals surface area contributed by atoms with Crippen molar-refractivity contribution >= 4 is 31.2 Å². The van der Waals surface area contributed by atoms with E-state index in [9.17, 15) is 19.2 Å². The molecule has 1 aromatic rings. The zero-order valence-electron chi connectivity index (χ0n) is 33.4. The molecule has 1 aliphatic heterocycles. The molecule has 8 atom stereocenters. The summed E-state index contributed by atoms with van der Waals surface area (Å²) in [6, 6.07) is -2.17. The fourth-order valence-corrected chi connectivity index (χ4v) is 7.86. The van der Waals surface area contributed by atoms with E-state index >= 15 is 0 Å². The first-order chi connectivity index (χ1) is 24.7. The quantitative estimate of drug-likeness (QED) is 0.181. The molecule has 1 aromatic heterocycles. The van der Waals surface area contributed by atoms with E-state index in [-0.39, 0.29) is 47.9 Å². The van der Waals surface area contributed by atoms with Gasteiger partial charge in [-0.05, 0) is 56.3 Å². The highest BCUT2D eigenvalue weighted by Crippen LogP contribution is 2.29. The molecule has 52 heavy (non-hydrogen) atoms. The number of carbonyl (C=O) groups excluding carboxylic acids is 4. The van der Waals surface area contributed by atoms with Crippen molar-refractivity contribution in [2.24, 2.45) is 29.4 Å². The number of nitrogens with two attached hydrogens (primary N) is 1. The summed E-state index contributed by atoms with van der Waals surface area (Å²) in [4.78, 5) is 57.7. The predicted molar refractivity (Wildman–Crippen MR) is 201 cm³/mol. The highest BCUT2D eigenvalue weighted by molar-refractivity contribution is 6.30. The smallest absolute Gasteiger partial charge is 0.377 e. The molecule has 0 saturated carbocycles. The van der Waals surface area contributed by atoms with Crippen LogP contribution in [0.4, 0.5) is 0 Å². The summed E-state index contributed by atoms with van der Waals surface area (Å²) in [5.41, 5.74) is 7.70. The number of carbonyl (C=O) groups is 4. The number of rotatable bonds is 19. The van der Waals surface area contributed by atoms with Gasteiger partial charge in [-0.2, -0.15) is 0 Å². The summed E-state index contributed by atoms with van der Waals surface area (Å²) in [5, 5.41) is 15.1. The molecule has 293 valence electrons. The third-order valence-electron chi connectivity index (χ3n) is 11.3. The minimum Gasteiger partial charge on any atom is -0.379 e. The van der Waals surface area contributed by atoms with Crippen molar-refractivity contribution in [3.8, 4) is 0 Å². The van der Waals surface area contributed by atoms with Crippen molar-refractivity contribution in [2.45, 2.75) is 149 Å². The van der Waals surface area contributed by atoms with E-state index in [1.165, 1.54) is 20.0 Å². The largest absolute Gasteiger partial charge is 0.379 e. The van der Waals surface area contributed by atoms with E-state index < -0.39 is 42.2 Å². The fraction of sp³-hybridized carbons (Fsp3) is 0.838. The van der Waals surface area contributed by atoms with Crippen LogP contribution in [0, 0.1) is 23.7 Å². The summed E-state index contributed by atoms with van der Waals surface area (Å²) in [6.45, 7) is 14.1. The van der Waals surface area contributed by atoms with Crippen LogP contribution in [-0.2, 0) is 41.5 Å². The maximum absolute atomic E-state index is 14.4. The Hall–Kier alpha value is -3.04. The number of likely N-dealkylation sites (N-methyl/N-ethyl adjacent to an activating group) is 1. The number of nitrogens with one attached hydrogen (secondary N) is 2. The number of primary amides is 1. The molecule has 1 saturated heterocycles. The lowest BCUT2D eigenvalue weighted by Gasteiger charge is -2.41. The van der Waals surface area contributed by atoms with Crippen LogP contribution in [0.15, 0.2) is 0 Å². The second kappa shape index (κ2) is 20.4. The number of aromatic nitrogens is 3. The van der Waals surface area contributed by atoms with Crippen molar-refractivity contribution in [3.05, 3.63) is 11.4 Å². The number of hydrogen-bond acceptors (Lipinski definition) is 9. The first-order valence-electron chi connectivity index (χ1n) is 19.4. The molecular formula is C37H66BN8O6. The molecule has 0 bridgehead atoms. The Morgan fingerprint density at radius 2 is 1.62 bits per heavy atom. The van der Waals surface area contributed by atoms with Gasteiger partial charge in [0.2, 0.25) is 23.6 Å². The maximum atomic E-state index is 14.4. The van der Waals surface area contributed by atoms with Gasteiger partial charge in [-0.3, -0.25) is 23.8 Å². The number of nitrogens with zero attached hydrogens (tertiary/aromatic N) is 5. The predicted octanol–water partition coefficient (Wildman–Crippen LogP) is 2.48. The van der Waals surface area contributed by atoms with Gasteiger partial charge in [-0.1, -0.05) is 72.9 Å². The normalized spacial score (nSPS) is 20.5. The Morgan fingerprint density at radius 3 is 2.19 bits per heavy atom. The first-order valence-corrected chi connectivity index (χ1v) is 19.4. The molecule has 14 nitrogen and oxygen atoms in total. The van der Waals surface area contributed by atoms with Crippen molar-refractivity contribution in [1.29, 1.82) is 0 Å². The molecule has 0 spiro atoms. The number of ether oxygens (including phenoxy) is 2. The summed E-state index contributed by atoms with van der Waals surface area (Å²) in [7, 11) is 6.56. The molecule has 0 aromatic carbocycles. The van der Waals surface area contributed by atoms with Crippen LogP contribution in [-0.4, -0.2) is 120 Å². The van der Waals surface area contributed by atoms with Crippen LogP contribution in [0.1, 0.15) is 111 Å². The molecule has 3 rings (SSSR count). The third kappa shape index (κ3) is 10.8. The molecule has 2 heterocycles. The molecule has 2 aliphatic rings. The lowest BCUT2D eigenvalue weighted by molar-refractivity contribution is -0.147. The van der Waals surface area contributed by atoms with Gasteiger partial charge in [0.05, 0.1) is 48.4 Å². The Labute approximate surface area is 312 Å². The average molecular weight is 730 g/mol. The van der Waals surface area contributed by atoms with Gasteiger partial charge in [0.1, 0.15) is 6.04 Å². The first kappa shape index (κ1) is 43.4. The fourth-order valence-electron chi connectivity index (χ4n) is 7.86. The van der Waals surface area contributed by atoms with Crippen molar-refractivity contribution < 1.29 is 28.7 Å². The van der Waals surface area contributed by atoms with Gasteiger partial charge in [0, 0.05) is 33.5 Å². The Bertz CT molecular complexity index is 1330. The Kier molecular flexibility index (Phi) is 17.0. The highest BCUT2D eigenvalue weighted by Gasteiger charge is 2.42. The zero-order chi connectivity index (χ0) is 38.7. The number of methoxy groups -OCH3 is 2. The molecule has 1 unspecified atom stereocenters. The zero-order valence-corrected chi connectivity index (χ0v) is 33.4. The molecule has 4 N–H and O–H groups in total. The topological polar surface area (TPSA) is 174 Å². The summed E-state index contributed by atoms with van der Waals surface area (Å²) < 4.78 is 13.4. The van der Waals surface area contributed by atoms with Crippen molar-refractivity contribution in [1.82, 2.24) is 35.2 Å². The van der Waals surface area contributed by atoms with Crippen LogP contribution >= 0.6 is 0 Å². The van der Waals surface area contributed by atoms with E-state index in [4.69, 9.17) is 15.2 Å². The van der Waals surface area contributed by atoms with Gasteiger partial charge >= 0.3 is 7.55 Å². The minimum atomic E-state index is -0.813. The number of likely N-dealkylation sites (tertiary alicyclic amines) is 1. The van der Waals surface area contributed by atoms with Gasteiger partial charge < -0.3 is 35.6 Å². The monoisotopic (exact) mass is 730 g/mol. The van der Waals surface area contributed by atoms with Crippen LogP contribution in [0.3, 0.4) is 0 Å². The van der Waals surface area contributed by atoms with E-state index in [1.807, 2.05) is 41.5 Å². The number of hydrogen-bond donors (Lipinski definition) is 3. The standard InChI is InChI=1S/C37H66BN8O6/c1-11-24(6)33(29(51-9)21-30(47)45-20-16-19-28(45)34(52-10)25(7)35(39)48)44(8)37(50)32(23(4)5)40-36(49)31(22(2)3)41-38-46-27-18-15-13-12-14-17-26(27)42-43-46/h22-25,28-29,31-34,41H,11-21H2,1-10H3,(H2,39,48)(H,40,49)/t24-,25+,28-,29+,31?,32-,33-,34+/m0/s1. The third-order valence-corrected chi connectivity index (χ3v) is 11.3. The minimum absolute atomic E-state index is 0.0204. The summed E-state index contributed by atoms with van der Waals surface area (Å²) in [5.74, 6) is -2.02. The van der Waals surface area contributed by atoms with Crippen LogP contribution in [0.25, 0.3) is 0 Å². The SMILES string of the molecule is CC[C@H](C)[C@@H]([C@@H](CC(=O)N1CCC[C@H]1[C@H](OC)[C@@H](C)C(N)=O)OC)N(C)C(=O)[C@@H](NC(=O)C(N[B]n1nnc2c1CCCCCC2)C(C)C)C(C)C. The lowest BCUT2D eigenvalue weighted by Crippen LogP contribution is -2.60. The molecule has 1 aliphatic carbocycles. The summed E-state index contributed by atoms with van der Waals surface area (Å²) in [6.07, 6.45) is 7.48. The van der Waals surface area contributed by atoms with Gasteiger partial charge in [-0.25, -0.2) is 0 Å². The van der Waals surface area contributed by atoms with Crippen molar-refractivity contribution in [3.63, 3.8) is 0 Å². The van der Waals surface area contributed by atoms with E-state index in [0.717, 1.165) is 49.9 Å². The summed E-state index contributed by atoms with van der Waals surface area (Å²) >= 11 is 0. The van der Waals surface area contributed by atoms with Crippen LogP contribution in [0.2, 0.25) is 0 Å². The van der Waals surface area contributed by atoms with E-state index in [2.05, 4.69) is 20.9 Å². The van der Waals surface area contributed by atoms with Gasteiger partial charge in [0.15, 0.2) is 0 Å². The van der Waals surface area contributed by atoms with Crippen molar-refractivity contribution in [2.75, 3.05) is 27.8 Å². The second-order valence-electron chi connectivity index (χ2n) is 15.6. The van der Waals surface area contributed by atoms with Crippen LogP contribution < -0.4 is 16.3 Å². The van der Waals surface area contributed by atoms with Gasteiger partial charge in [0.25, 0.3) is 0 Å². The lowest BCUT2D eigenvalue weighted by atomic mass is 9.89. The number of amides is 4. The Morgan fingerprint density at radius 1 is 0.962 bits per heavy atom. The second-order valence-corrected chi connectivity index (χ2v) is 15.6.